The van der Waals surface area contributed by atoms with Crippen LogP contribution in [0.15, 0.2) is 42.5 Å². The maximum atomic E-state index is 11.9. The Morgan fingerprint density at radius 2 is 1.69 bits per heavy atom. The number of carbonyl (C=O) groups excluding carboxylic acids is 2. The molecule has 2 aromatic carbocycles. The van der Waals surface area contributed by atoms with Crippen molar-refractivity contribution in [1.82, 2.24) is 0 Å². The highest BCUT2D eigenvalue weighted by Crippen LogP contribution is 2.19. The molecular formula is C21H25NO4. The molecular weight excluding hydrogens is 330 g/mol. The molecule has 2 aromatic rings. The predicted molar refractivity (Wildman–Crippen MR) is 102 cm³/mol. The van der Waals surface area contributed by atoms with E-state index in [9.17, 15) is 9.59 Å². The van der Waals surface area contributed by atoms with Crippen LogP contribution in [-0.2, 0) is 14.3 Å². The Balaban J connectivity index is 1.75. The molecule has 1 N–H and O–H groups in total. The molecule has 0 unspecified atom stereocenters. The third kappa shape index (κ3) is 5.92. The van der Waals surface area contributed by atoms with Crippen molar-refractivity contribution in [2.45, 2.75) is 33.6 Å². The highest BCUT2D eigenvalue weighted by Gasteiger charge is 2.10. The van der Waals surface area contributed by atoms with E-state index < -0.39 is 5.97 Å². The fourth-order valence-corrected chi connectivity index (χ4v) is 2.43. The first-order chi connectivity index (χ1) is 12.3. The van der Waals surface area contributed by atoms with Crippen LogP contribution in [0.25, 0.3) is 0 Å². The lowest BCUT2D eigenvalue weighted by Gasteiger charge is -2.10. The molecule has 0 radical (unpaired) electrons. The van der Waals surface area contributed by atoms with E-state index >= 15 is 0 Å². The van der Waals surface area contributed by atoms with Gasteiger partial charge in [0.15, 0.2) is 13.2 Å². The van der Waals surface area contributed by atoms with Crippen molar-refractivity contribution >= 4 is 17.6 Å². The van der Waals surface area contributed by atoms with Gasteiger partial charge in [0.25, 0.3) is 5.91 Å². The van der Waals surface area contributed by atoms with Gasteiger partial charge in [0.2, 0.25) is 0 Å². The molecule has 0 saturated carbocycles. The summed E-state index contributed by atoms with van der Waals surface area (Å²) in [5, 5.41) is 2.70. The van der Waals surface area contributed by atoms with Gasteiger partial charge in [0.05, 0.1) is 0 Å². The highest BCUT2D eigenvalue weighted by atomic mass is 16.6. The number of rotatable bonds is 7. The lowest BCUT2D eigenvalue weighted by molar-refractivity contribution is -0.149. The summed E-state index contributed by atoms with van der Waals surface area (Å²) in [6.07, 6.45) is 0. The van der Waals surface area contributed by atoms with Crippen LogP contribution < -0.4 is 10.1 Å². The molecule has 1 amide bonds. The number of ether oxygens (including phenoxy) is 2. The van der Waals surface area contributed by atoms with Crippen molar-refractivity contribution in [1.29, 1.82) is 0 Å². The minimum absolute atomic E-state index is 0.236. The quantitative estimate of drug-likeness (QED) is 0.763. The Morgan fingerprint density at radius 1 is 1.00 bits per heavy atom. The topological polar surface area (TPSA) is 64.6 Å². The average molecular weight is 355 g/mol. The Hall–Kier alpha value is -2.82. The van der Waals surface area contributed by atoms with Crippen molar-refractivity contribution in [2.75, 3.05) is 18.5 Å². The van der Waals surface area contributed by atoms with Gasteiger partial charge < -0.3 is 14.8 Å². The molecule has 5 nitrogen and oxygen atoms in total. The van der Waals surface area contributed by atoms with Crippen molar-refractivity contribution in [3.05, 3.63) is 59.2 Å². The van der Waals surface area contributed by atoms with E-state index in [1.807, 2.05) is 56.3 Å². The molecule has 0 spiro atoms. The summed E-state index contributed by atoms with van der Waals surface area (Å²) >= 11 is 0. The zero-order chi connectivity index (χ0) is 19.1. The second-order valence-corrected chi connectivity index (χ2v) is 6.54. The minimum atomic E-state index is -0.588. The van der Waals surface area contributed by atoms with Crippen LogP contribution in [0.2, 0.25) is 0 Å². The molecule has 5 heteroatoms. The van der Waals surface area contributed by atoms with Gasteiger partial charge in [0, 0.05) is 5.69 Å². The van der Waals surface area contributed by atoms with Crippen LogP contribution in [0.4, 0.5) is 5.69 Å². The zero-order valence-electron chi connectivity index (χ0n) is 15.7. The molecule has 0 aromatic heterocycles. The summed E-state index contributed by atoms with van der Waals surface area (Å²) in [7, 11) is 0. The van der Waals surface area contributed by atoms with Gasteiger partial charge in [-0.05, 0) is 49.1 Å². The molecule has 0 fully saturated rings. The molecule has 138 valence electrons. The Morgan fingerprint density at radius 3 is 2.31 bits per heavy atom. The summed E-state index contributed by atoms with van der Waals surface area (Å²) < 4.78 is 10.4. The number of nitrogens with one attached hydrogen (secondary N) is 1. The van der Waals surface area contributed by atoms with Gasteiger partial charge in [-0.25, -0.2) is 4.79 Å². The van der Waals surface area contributed by atoms with Gasteiger partial charge >= 0.3 is 5.97 Å². The third-order valence-electron chi connectivity index (χ3n) is 3.90. The first-order valence-electron chi connectivity index (χ1n) is 8.60. The normalized spacial score (nSPS) is 10.5. The largest absolute Gasteiger partial charge is 0.482 e. The number of esters is 1. The molecule has 0 aliphatic rings. The van der Waals surface area contributed by atoms with Crippen molar-refractivity contribution in [2.24, 2.45) is 0 Å². The van der Waals surface area contributed by atoms with Crippen LogP contribution >= 0.6 is 0 Å². The average Bonchev–Trinajstić information content (AvgIpc) is 2.59. The van der Waals surface area contributed by atoms with Gasteiger partial charge in [0.1, 0.15) is 5.75 Å². The van der Waals surface area contributed by atoms with Crippen molar-refractivity contribution in [3.63, 3.8) is 0 Å². The summed E-state index contributed by atoms with van der Waals surface area (Å²) in [6.45, 7) is 7.52. The minimum Gasteiger partial charge on any atom is -0.482 e. The number of anilines is 1. The summed E-state index contributed by atoms with van der Waals surface area (Å²) in [4.78, 5) is 23.6. The molecule has 0 bridgehead atoms. The zero-order valence-corrected chi connectivity index (χ0v) is 15.7. The highest BCUT2D eigenvalue weighted by molar-refractivity contribution is 5.92. The third-order valence-corrected chi connectivity index (χ3v) is 3.90. The molecule has 0 aliphatic heterocycles. The number of hydrogen-bond acceptors (Lipinski definition) is 4. The number of hydrogen-bond donors (Lipinski definition) is 1. The second-order valence-electron chi connectivity index (χ2n) is 6.54. The standard InChI is InChI=1S/C21H25NO4/c1-14(2)17-6-8-18(9-7-17)22-20(23)12-26-21(24)13-25-19-10-5-15(3)11-16(19)4/h5-11,14H,12-13H2,1-4H3,(H,22,23). The molecule has 0 atom stereocenters. The van der Waals surface area contributed by atoms with E-state index in [0.717, 1.165) is 11.1 Å². The monoisotopic (exact) mass is 355 g/mol. The van der Waals surface area contributed by atoms with Crippen LogP contribution in [0.5, 0.6) is 5.75 Å². The molecule has 0 aliphatic carbocycles. The molecule has 2 rings (SSSR count). The predicted octanol–water partition coefficient (Wildman–Crippen LogP) is 3.99. The van der Waals surface area contributed by atoms with Gasteiger partial charge in [-0.1, -0.05) is 43.7 Å². The summed E-state index contributed by atoms with van der Waals surface area (Å²) in [5.74, 6) is 0.0811. The van der Waals surface area contributed by atoms with Crippen LogP contribution in [0.3, 0.4) is 0 Å². The van der Waals surface area contributed by atoms with E-state index in [1.165, 1.54) is 5.56 Å². The lowest BCUT2D eigenvalue weighted by atomic mass is 10.0. The Labute approximate surface area is 154 Å². The first-order valence-corrected chi connectivity index (χ1v) is 8.60. The second kappa shape index (κ2) is 9.04. The van der Waals surface area contributed by atoms with Crippen LogP contribution in [-0.4, -0.2) is 25.1 Å². The van der Waals surface area contributed by atoms with E-state index in [2.05, 4.69) is 19.2 Å². The number of benzene rings is 2. The van der Waals surface area contributed by atoms with Crippen LogP contribution in [0, 0.1) is 13.8 Å². The van der Waals surface area contributed by atoms with Gasteiger partial charge in [-0.15, -0.1) is 0 Å². The van der Waals surface area contributed by atoms with Crippen molar-refractivity contribution in [3.8, 4) is 5.75 Å². The maximum Gasteiger partial charge on any atom is 0.344 e. The van der Waals surface area contributed by atoms with E-state index in [4.69, 9.17) is 9.47 Å². The Kier molecular flexibility index (Phi) is 6.78. The number of amides is 1. The maximum absolute atomic E-state index is 11.9. The van der Waals surface area contributed by atoms with Crippen molar-refractivity contribution < 1.29 is 19.1 Å². The molecule has 0 heterocycles. The molecule has 0 saturated heterocycles. The van der Waals surface area contributed by atoms with E-state index in [0.29, 0.717) is 17.4 Å². The van der Waals surface area contributed by atoms with Gasteiger partial charge in [-0.3, -0.25) is 4.79 Å². The SMILES string of the molecule is Cc1ccc(OCC(=O)OCC(=O)Nc2ccc(C(C)C)cc2)c(C)c1. The number of aryl methyl sites for hydroxylation is 2. The van der Waals surface area contributed by atoms with E-state index in [1.54, 1.807) is 0 Å². The van der Waals surface area contributed by atoms with E-state index in [-0.39, 0.29) is 19.1 Å². The first kappa shape index (κ1) is 19.5. The van der Waals surface area contributed by atoms with Crippen LogP contribution in [0.1, 0.15) is 36.5 Å². The lowest BCUT2D eigenvalue weighted by Crippen LogP contribution is -2.23. The number of carbonyl (C=O) groups is 2. The Bertz CT molecular complexity index is 766. The summed E-state index contributed by atoms with van der Waals surface area (Å²) in [6, 6.07) is 13.3. The van der Waals surface area contributed by atoms with Gasteiger partial charge in [-0.2, -0.15) is 0 Å². The fraction of sp³-hybridized carbons (Fsp3) is 0.333. The fourth-order valence-electron chi connectivity index (χ4n) is 2.43. The molecule has 26 heavy (non-hydrogen) atoms. The summed E-state index contributed by atoms with van der Waals surface area (Å²) in [5.41, 5.74) is 3.93. The smallest absolute Gasteiger partial charge is 0.344 e.